The maximum atomic E-state index is 11.1. The third kappa shape index (κ3) is 3.49. The molecule has 19 heavy (non-hydrogen) atoms. The van der Waals surface area contributed by atoms with Gasteiger partial charge in [0, 0.05) is 17.5 Å². The summed E-state index contributed by atoms with van der Waals surface area (Å²) < 4.78 is 5.30. The number of likely N-dealkylation sites (N-methyl/N-ethyl adjacent to an activating group) is 1. The van der Waals surface area contributed by atoms with E-state index in [1.165, 1.54) is 10.5 Å². The molecule has 1 aromatic carbocycles. The molecule has 2 rings (SSSR count). The Kier molecular flexibility index (Phi) is 4.85. The van der Waals surface area contributed by atoms with Gasteiger partial charge in [-0.3, -0.25) is 9.69 Å². The van der Waals surface area contributed by atoms with Gasteiger partial charge in [-0.1, -0.05) is 12.1 Å². The zero-order valence-corrected chi connectivity index (χ0v) is 12.0. The van der Waals surface area contributed by atoms with Crippen LogP contribution in [0.1, 0.15) is 5.56 Å². The molecule has 0 aromatic heterocycles. The first-order valence-corrected chi connectivity index (χ1v) is 7.48. The number of hydrogen-bond acceptors (Lipinski definition) is 4. The highest BCUT2D eigenvalue weighted by atomic mass is 32.2. The molecule has 1 saturated heterocycles. The predicted molar refractivity (Wildman–Crippen MR) is 75.4 cm³/mol. The Bertz CT molecular complexity index is 435. The molecular formula is C14H19NO3S. The summed E-state index contributed by atoms with van der Waals surface area (Å²) in [6, 6.07) is 8.32. The van der Waals surface area contributed by atoms with Gasteiger partial charge >= 0.3 is 5.97 Å². The number of thioether (sulfide) groups is 1. The van der Waals surface area contributed by atoms with Crippen LogP contribution in [0.5, 0.6) is 0 Å². The van der Waals surface area contributed by atoms with E-state index in [9.17, 15) is 4.79 Å². The molecule has 2 atom stereocenters. The summed E-state index contributed by atoms with van der Waals surface area (Å²) in [4.78, 5) is 14.4. The van der Waals surface area contributed by atoms with Crippen molar-refractivity contribution in [3.05, 3.63) is 29.8 Å². The number of hydrogen-bond donors (Lipinski definition) is 1. The minimum Gasteiger partial charge on any atom is -0.481 e. The summed E-state index contributed by atoms with van der Waals surface area (Å²) in [5.74, 6) is -1.19. The molecule has 1 N–H and O–H groups in total. The van der Waals surface area contributed by atoms with Crippen LogP contribution in [0.15, 0.2) is 29.2 Å². The van der Waals surface area contributed by atoms with E-state index in [0.29, 0.717) is 13.2 Å². The average molecular weight is 281 g/mol. The Morgan fingerprint density at radius 3 is 2.68 bits per heavy atom. The number of rotatable bonds is 5. The maximum Gasteiger partial charge on any atom is 0.310 e. The second-order valence-corrected chi connectivity index (χ2v) is 5.69. The summed E-state index contributed by atoms with van der Waals surface area (Å²) in [5.41, 5.74) is 1.19. The lowest BCUT2D eigenvalue weighted by atomic mass is 10.0. The van der Waals surface area contributed by atoms with Gasteiger partial charge in [0.2, 0.25) is 0 Å². The van der Waals surface area contributed by atoms with E-state index in [2.05, 4.69) is 35.4 Å². The highest BCUT2D eigenvalue weighted by Gasteiger charge is 2.36. The number of ether oxygens (including phenoxy) is 1. The molecule has 5 heteroatoms. The van der Waals surface area contributed by atoms with Crippen molar-refractivity contribution in [2.45, 2.75) is 17.5 Å². The van der Waals surface area contributed by atoms with Crippen molar-refractivity contribution >= 4 is 17.7 Å². The van der Waals surface area contributed by atoms with Crippen LogP contribution in [0.25, 0.3) is 0 Å². The van der Waals surface area contributed by atoms with Crippen LogP contribution < -0.4 is 0 Å². The number of aliphatic carboxylic acids is 1. The van der Waals surface area contributed by atoms with Crippen LogP contribution >= 0.6 is 11.8 Å². The maximum absolute atomic E-state index is 11.1. The van der Waals surface area contributed by atoms with Gasteiger partial charge in [-0.2, -0.15) is 0 Å². The number of carboxylic acids is 1. The average Bonchev–Trinajstić information content (AvgIpc) is 2.89. The molecule has 4 nitrogen and oxygen atoms in total. The largest absolute Gasteiger partial charge is 0.481 e. The Labute approximate surface area is 117 Å². The molecule has 2 unspecified atom stereocenters. The smallest absolute Gasteiger partial charge is 0.310 e. The van der Waals surface area contributed by atoms with Crippen LogP contribution in [-0.2, 0) is 16.1 Å². The van der Waals surface area contributed by atoms with E-state index in [1.807, 2.05) is 7.05 Å². The normalized spacial score (nSPS) is 22.9. The first-order valence-electron chi connectivity index (χ1n) is 6.25. The van der Waals surface area contributed by atoms with E-state index in [0.717, 1.165) is 6.54 Å². The lowest BCUT2D eigenvalue weighted by molar-refractivity contribution is -0.143. The van der Waals surface area contributed by atoms with Crippen LogP contribution in [0.4, 0.5) is 0 Å². The van der Waals surface area contributed by atoms with E-state index >= 15 is 0 Å². The van der Waals surface area contributed by atoms with Crippen molar-refractivity contribution in [1.29, 1.82) is 0 Å². The van der Waals surface area contributed by atoms with Gasteiger partial charge in [0.1, 0.15) is 0 Å². The first kappa shape index (κ1) is 14.4. The highest BCUT2D eigenvalue weighted by molar-refractivity contribution is 7.98. The van der Waals surface area contributed by atoms with Gasteiger partial charge in [-0.25, -0.2) is 0 Å². The molecular weight excluding hydrogens is 262 g/mol. The van der Waals surface area contributed by atoms with Gasteiger partial charge in [0.15, 0.2) is 0 Å². The third-order valence-corrected chi connectivity index (χ3v) is 4.27. The fourth-order valence-electron chi connectivity index (χ4n) is 2.35. The lowest BCUT2D eigenvalue weighted by Crippen LogP contribution is -2.40. The van der Waals surface area contributed by atoms with Crippen molar-refractivity contribution in [2.75, 3.05) is 26.5 Å². The highest BCUT2D eigenvalue weighted by Crippen LogP contribution is 2.21. The fourth-order valence-corrected chi connectivity index (χ4v) is 2.76. The first-order chi connectivity index (χ1) is 9.11. The third-order valence-electron chi connectivity index (χ3n) is 3.52. The van der Waals surface area contributed by atoms with Gasteiger partial charge in [0.25, 0.3) is 0 Å². The molecule has 0 spiro atoms. The quantitative estimate of drug-likeness (QED) is 0.836. The SMILES string of the molecule is CSc1ccc(CN(C)C2COCC2C(=O)O)cc1. The molecule has 104 valence electrons. The Hall–Kier alpha value is -1.04. The minimum absolute atomic E-state index is 0.0438. The molecule has 1 fully saturated rings. The van der Waals surface area contributed by atoms with Crippen LogP contribution in [0.3, 0.4) is 0 Å². The molecule has 0 saturated carbocycles. The minimum atomic E-state index is -0.771. The van der Waals surface area contributed by atoms with E-state index in [-0.39, 0.29) is 6.04 Å². The molecule has 0 bridgehead atoms. The van der Waals surface area contributed by atoms with E-state index < -0.39 is 11.9 Å². The molecule has 0 radical (unpaired) electrons. The van der Waals surface area contributed by atoms with Crippen molar-refractivity contribution in [3.63, 3.8) is 0 Å². The molecule has 0 amide bonds. The van der Waals surface area contributed by atoms with Crippen LogP contribution in [0, 0.1) is 5.92 Å². The predicted octanol–water partition coefficient (Wildman–Crippen LogP) is 1.94. The number of nitrogens with zero attached hydrogens (tertiary/aromatic N) is 1. The summed E-state index contributed by atoms with van der Waals surface area (Å²) >= 11 is 1.71. The topological polar surface area (TPSA) is 49.8 Å². The molecule has 1 aliphatic rings. The Balaban J connectivity index is 1.99. The monoisotopic (exact) mass is 281 g/mol. The standard InChI is InChI=1S/C14H19NO3S/c1-15(13-9-18-8-12(13)14(16)17)7-10-3-5-11(19-2)6-4-10/h3-6,12-13H,7-9H2,1-2H3,(H,16,17). The molecule has 1 aromatic rings. The van der Waals surface area contributed by atoms with Crippen molar-refractivity contribution < 1.29 is 14.6 Å². The number of benzene rings is 1. The van der Waals surface area contributed by atoms with Crippen molar-refractivity contribution in [3.8, 4) is 0 Å². The number of carbonyl (C=O) groups is 1. The van der Waals surface area contributed by atoms with Gasteiger partial charge in [-0.05, 0) is 31.0 Å². The van der Waals surface area contributed by atoms with Gasteiger partial charge in [-0.15, -0.1) is 11.8 Å². The summed E-state index contributed by atoms with van der Waals surface area (Å²) in [5, 5.41) is 9.16. The lowest BCUT2D eigenvalue weighted by Gasteiger charge is -2.26. The van der Waals surface area contributed by atoms with Gasteiger partial charge < -0.3 is 9.84 Å². The van der Waals surface area contributed by atoms with Crippen LogP contribution in [0.2, 0.25) is 0 Å². The summed E-state index contributed by atoms with van der Waals surface area (Å²) in [7, 11) is 1.96. The summed E-state index contributed by atoms with van der Waals surface area (Å²) in [6.07, 6.45) is 2.05. The second kappa shape index (κ2) is 6.41. The fraction of sp³-hybridized carbons (Fsp3) is 0.500. The van der Waals surface area contributed by atoms with Gasteiger partial charge in [0.05, 0.1) is 19.1 Å². The Morgan fingerprint density at radius 1 is 1.42 bits per heavy atom. The zero-order valence-electron chi connectivity index (χ0n) is 11.2. The Morgan fingerprint density at radius 2 is 2.11 bits per heavy atom. The van der Waals surface area contributed by atoms with Crippen molar-refractivity contribution in [1.82, 2.24) is 4.90 Å². The number of carboxylic acid groups (broad SMARTS) is 1. The zero-order chi connectivity index (χ0) is 13.8. The molecule has 1 aliphatic heterocycles. The molecule has 1 heterocycles. The van der Waals surface area contributed by atoms with Crippen LogP contribution in [-0.4, -0.2) is 48.5 Å². The second-order valence-electron chi connectivity index (χ2n) is 4.81. The van der Waals surface area contributed by atoms with E-state index in [4.69, 9.17) is 9.84 Å². The van der Waals surface area contributed by atoms with Crippen molar-refractivity contribution in [2.24, 2.45) is 5.92 Å². The van der Waals surface area contributed by atoms with E-state index in [1.54, 1.807) is 11.8 Å². The molecule has 0 aliphatic carbocycles. The summed E-state index contributed by atoms with van der Waals surface area (Å²) in [6.45, 7) is 1.55.